The summed E-state index contributed by atoms with van der Waals surface area (Å²) in [5.74, 6) is -0.982. The van der Waals surface area contributed by atoms with Crippen molar-refractivity contribution in [1.82, 2.24) is 24.8 Å². The summed E-state index contributed by atoms with van der Waals surface area (Å²) in [6.45, 7) is 6.12. The third-order valence-electron chi connectivity index (χ3n) is 6.32. The highest BCUT2D eigenvalue weighted by molar-refractivity contribution is 5.89. The van der Waals surface area contributed by atoms with Gasteiger partial charge in [0.15, 0.2) is 0 Å². The minimum absolute atomic E-state index is 0.00173. The Morgan fingerprint density at radius 1 is 1.35 bits per heavy atom. The molecule has 10 nitrogen and oxygen atoms in total. The molecule has 3 atom stereocenters. The van der Waals surface area contributed by atoms with Gasteiger partial charge in [-0.3, -0.25) is 9.69 Å². The van der Waals surface area contributed by atoms with Crippen LogP contribution in [0.25, 0.3) is 0 Å². The number of ether oxygens (including phenoxy) is 1. The van der Waals surface area contributed by atoms with Crippen molar-refractivity contribution in [3.05, 3.63) is 47.3 Å². The van der Waals surface area contributed by atoms with Gasteiger partial charge in [0.2, 0.25) is 5.91 Å². The Morgan fingerprint density at radius 2 is 2.12 bits per heavy atom. The fourth-order valence-corrected chi connectivity index (χ4v) is 4.28. The summed E-state index contributed by atoms with van der Waals surface area (Å²) in [6, 6.07) is 6.68. The molecule has 0 saturated heterocycles. The molecule has 0 fully saturated rings. The van der Waals surface area contributed by atoms with Crippen molar-refractivity contribution < 1.29 is 24.5 Å². The van der Waals surface area contributed by atoms with E-state index < -0.39 is 5.97 Å². The molecular formula is C24H35N5O5. The van der Waals surface area contributed by atoms with Crippen LogP contribution in [0.4, 0.5) is 0 Å². The van der Waals surface area contributed by atoms with Gasteiger partial charge in [-0.15, -0.1) is 5.10 Å². The van der Waals surface area contributed by atoms with Crippen LogP contribution in [-0.2, 0) is 29.2 Å². The second-order valence-electron chi connectivity index (χ2n) is 9.12. The van der Waals surface area contributed by atoms with Crippen molar-refractivity contribution in [3.63, 3.8) is 0 Å². The Labute approximate surface area is 200 Å². The summed E-state index contributed by atoms with van der Waals surface area (Å²) in [7, 11) is 1.93. The second kappa shape index (κ2) is 12.0. The first kappa shape index (κ1) is 25.8. The Hall–Kier alpha value is -2.82. The average Bonchev–Trinajstić information content (AvgIpc) is 3.26. The van der Waals surface area contributed by atoms with Gasteiger partial charge in [-0.2, -0.15) is 0 Å². The minimum atomic E-state index is -0.951. The molecule has 2 N–H and O–H groups in total. The molecule has 186 valence electrons. The zero-order chi connectivity index (χ0) is 24.7. The molecular weight excluding hydrogens is 438 g/mol. The molecule has 0 unspecified atom stereocenters. The van der Waals surface area contributed by atoms with Crippen LogP contribution in [0.1, 0.15) is 48.3 Å². The Kier molecular flexibility index (Phi) is 9.14. The van der Waals surface area contributed by atoms with E-state index in [1.807, 2.05) is 37.9 Å². The van der Waals surface area contributed by atoms with E-state index in [4.69, 9.17) is 4.74 Å². The molecule has 0 bridgehead atoms. The van der Waals surface area contributed by atoms with E-state index in [0.29, 0.717) is 45.6 Å². The monoisotopic (exact) mass is 473 g/mol. The number of rotatable bonds is 7. The molecule has 1 aliphatic rings. The second-order valence-corrected chi connectivity index (χ2v) is 9.12. The Bertz CT molecular complexity index is 965. The quantitative estimate of drug-likeness (QED) is 0.623. The number of benzene rings is 1. The number of aromatic nitrogens is 3. The van der Waals surface area contributed by atoms with E-state index in [9.17, 15) is 19.8 Å². The van der Waals surface area contributed by atoms with E-state index in [2.05, 4.69) is 10.3 Å². The van der Waals surface area contributed by atoms with Crippen LogP contribution in [-0.4, -0.2) is 85.8 Å². The molecule has 1 aromatic heterocycles. The van der Waals surface area contributed by atoms with Crippen molar-refractivity contribution in [1.29, 1.82) is 0 Å². The summed E-state index contributed by atoms with van der Waals surface area (Å²) >= 11 is 0. The maximum absolute atomic E-state index is 13.0. The molecule has 0 spiro atoms. The van der Waals surface area contributed by atoms with E-state index >= 15 is 0 Å². The van der Waals surface area contributed by atoms with Crippen LogP contribution in [0, 0.1) is 5.92 Å². The summed E-state index contributed by atoms with van der Waals surface area (Å²) in [5.41, 5.74) is 1.86. The first-order chi connectivity index (χ1) is 16.3. The summed E-state index contributed by atoms with van der Waals surface area (Å²) in [4.78, 5) is 28.3. The zero-order valence-electron chi connectivity index (χ0n) is 20.1. The number of fused-ring (bicyclic) bond motifs is 1. The summed E-state index contributed by atoms with van der Waals surface area (Å²) in [6.07, 6.45) is 2.44. The molecule has 1 aromatic carbocycles. The molecule has 10 heteroatoms. The van der Waals surface area contributed by atoms with Crippen LogP contribution >= 0.6 is 0 Å². The van der Waals surface area contributed by atoms with Gasteiger partial charge in [0.25, 0.3) is 0 Å². The van der Waals surface area contributed by atoms with Crippen molar-refractivity contribution in [2.45, 2.75) is 58.5 Å². The van der Waals surface area contributed by atoms with E-state index in [-0.39, 0.29) is 36.1 Å². The van der Waals surface area contributed by atoms with E-state index in [0.717, 1.165) is 11.3 Å². The molecule has 0 radical (unpaired) electrons. The smallest absolute Gasteiger partial charge is 0.336 e. The number of carbonyl (C=O) groups excluding carboxylic acids is 1. The van der Waals surface area contributed by atoms with Crippen molar-refractivity contribution in [3.8, 4) is 0 Å². The number of hydrogen-bond acceptors (Lipinski definition) is 7. The number of hydrogen-bond donors (Lipinski definition) is 2. The van der Waals surface area contributed by atoms with Crippen molar-refractivity contribution in [2.75, 3.05) is 26.7 Å². The highest BCUT2D eigenvalue weighted by atomic mass is 16.5. The van der Waals surface area contributed by atoms with E-state index in [1.54, 1.807) is 27.9 Å². The van der Waals surface area contributed by atoms with Crippen LogP contribution in [0.15, 0.2) is 30.5 Å². The molecule has 2 heterocycles. The minimum Gasteiger partial charge on any atom is -0.478 e. The van der Waals surface area contributed by atoms with Crippen LogP contribution in [0.5, 0.6) is 0 Å². The molecule has 2 aromatic rings. The van der Waals surface area contributed by atoms with Crippen molar-refractivity contribution >= 4 is 11.9 Å². The number of aliphatic hydroxyl groups excluding tert-OH is 1. The number of aromatic carboxylic acids is 1. The molecule has 0 saturated carbocycles. The zero-order valence-corrected chi connectivity index (χ0v) is 20.1. The van der Waals surface area contributed by atoms with Gasteiger partial charge >= 0.3 is 5.97 Å². The highest BCUT2D eigenvalue weighted by Crippen LogP contribution is 2.19. The van der Waals surface area contributed by atoms with Gasteiger partial charge in [0.05, 0.1) is 42.8 Å². The van der Waals surface area contributed by atoms with Gasteiger partial charge in [-0.25, -0.2) is 9.48 Å². The molecule has 1 aliphatic heterocycles. The van der Waals surface area contributed by atoms with Crippen LogP contribution in [0.3, 0.4) is 0 Å². The fraction of sp³-hybridized carbons (Fsp3) is 0.583. The van der Waals surface area contributed by atoms with Crippen molar-refractivity contribution in [2.24, 2.45) is 5.92 Å². The third-order valence-corrected chi connectivity index (χ3v) is 6.32. The fourth-order valence-electron chi connectivity index (χ4n) is 4.28. The van der Waals surface area contributed by atoms with Gasteiger partial charge in [0.1, 0.15) is 0 Å². The normalized spacial score (nSPS) is 21.0. The Balaban J connectivity index is 1.80. The number of amides is 1. The summed E-state index contributed by atoms with van der Waals surface area (Å²) in [5, 5.41) is 27.3. The number of aliphatic hydroxyl groups is 1. The predicted octanol–water partition coefficient (Wildman–Crippen LogP) is 1.63. The topological polar surface area (TPSA) is 121 Å². The van der Waals surface area contributed by atoms with Crippen LogP contribution in [0.2, 0.25) is 0 Å². The average molecular weight is 474 g/mol. The summed E-state index contributed by atoms with van der Waals surface area (Å²) < 4.78 is 8.10. The number of carboxylic acids is 1. The lowest BCUT2D eigenvalue weighted by Crippen LogP contribution is -2.47. The standard InChI is InChI=1S/C24H35N5O5/c1-17-12-28(18(2)15-30)23(31)9-6-10-29-20(11-25-26-29)16-34-22(17)14-27(3)13-19-7-4-5-8-21(19)24(32)33/h4-5,7-8,11,17-18,22,30H,6,9-10,12-16H2,1-3H3,(H,32,33)/t17-,18-,22+/m1/s1. The van der Waals surface area contributed by atoms with E-state index in [1.165, 1.54) is 0 Å². The lowest BCUT2D eigenvalue weighted by atomic mass is 10.0. The Morgan fingerprint density at radius 3 is 2.85 bits per heavy atom. The third kappa shape index (κ3) is 6.62. The maximum atomic E-state index is 13.0. The SMILES string of the molecule is C[C@@H]1CN([C@H](C)CO)C(=O)CCCn2nncc2CO[C@H]1CN(C)Cc1ccccc1C(=O)O. The maximum Gasteiger partial charge on any atom is 0.336 e. The van der Waals surface area contributed by atoms with Gasteiger partial charge in [0, 0.05) is 38.5 Å². The number of aryl methyl sites for hydroxylation is 1. The molecule has 1 amide bonds. The number of carboxylic acid groups (broad SMARTS) is 1. The first-order valence-electron chi connectivity index (χ1n) is 11.7. The van der Waals surface area contributed by atoms with Gasteiger partial charge in [-0.1, -0.05) is 30.3 Å². The van der Waals surface area contributed by atoms with Gasteiger partial charge in [-0.05, 0) is 32.0 Å². The molecule has 34 heavy (non-hydrogen) atoms. The highest BCUT2D eigenvalue weighted by Gasteiger charge is 2.28. The molecule has 3 rings (SSSR count). The number of likely N-dealkylation sites (N-methyl/N-ethyl adjacent to an activating group) is 1. The first-order valence-corrected chi connectivity index (χ1v) is 11.7. The largest absolute Gasteiger partial charge is 0.478 e. The number of nitrogens with zero attached hydrogens (tertiary/aromatic N) is 5. The lowest BCUT2D eigenvalue weighted by molar-refractivity contribution is -0.136. The van der Waals surface area contributed by atoms with Gasteiger partial charge < -0.3 is 19.8 Å². The predicted molar refractivity (Wildman–Crippen MR) is 125 cm³/mol. The number of carbonyl (C=O) groups is 2. The molecule has 0 aliphatic carbocycles. The van der Waals surface area contributed by atoms with Crippen LogP contribution < -0.4 is 0 Å². The lowest BCUT2D eigenvalue weighted by Gasteiger charge is -2.35.